The number of ether oxygens (including phenoxy) is 1. The zero-order valence-corrected chi connectivity index (χ0v) is 25.9. The number of nitrogens with one attached hydrogen (secondary N) is 1. The van der Waals surface area contributed by atoms with E-state index in [2.05, 4.69) is 10.2 Å². The summed E-state index contributed by atoms with van der Waals surface area (Å²) in [7, 11) is 0. The Hall–Kier alpha value is -3.95. The van der Waals surface area contributed by atoms with E-state index in [0.29, 0.717) is 45.6 Å². The number of fused-ring (bicyclic) bond motifs is 1. The first-order valence-corrected chi connectivity index (χ1v) is 15.6. The van der Waals surface area contributed by atoms with Crippen LogP contribution in [0.4, 0.5) is 13.2 Å². The highest BCUT2D eigenvalue weighted by molar-refractivity contribution is 6.10. The Labute approximate surface area is 261 Å². The van der Waals surface area contributed by atoms with E-state index >= 15 is 0 Å². The Bertz CT molecular complexity index is 1710. The Morgan fingerprint density at radius 3 is 2.42 bits per heavy atom. The Morgan fingerprint density at radius 2 is 1.78 bits per heavy atom. The van der Waals surface area contributed by atoms with Gasteiger partial charge in [-0.1, -0.05) is 42.5 Å². The monoisotopic (exact) mass is 616 g/mol. The number of amides is 1. The topological polar surface area (TPSA) is 80.5 Å². The number of aryl methyl sites for hydroxylation is 1. The van der Waals surface area contributed by atoms with Gasteiger partial charge in [0.15, 0.2) is 0 Å². The summed E-state index contributed by atoms with van der Waals surface area (Å²) in [5.41, 5.74) is 9.01. The zero-order chi connectivity index (χ0) is 31.9. The predicted octanol–water partition coefficient (Wildman–Crippen LogP) is 7.36. The maximum Gasteiger partial charge on any atom is 0.416 e. The molecule has 45 heavy (non-hydrogen) atoms. The highest BCUT2D eigenvalue weighted by Gasteiger charge is 2.46. The maximum atomic E-state index is 14.6. The van der Waals surface area contributed by atoms with E-state index in [-0.39, 0.29) is 18.1 Å². The molecule has 6 rings (SSSR count). The number of aromatic nitrogens is 1. The normalized spacial score (nSPS) is 17.1. The smallest absolute Gasteiger partial charge is 0.416 e. The van der Waals surface area contributed by atoms with Crippen LogP contribution in [-0.2, 0) is 18.3 Å². The SMILES string of the molecule is Cc1cc2c(C(=O)NC3(c4ccccc4)CC3)c(CN3CCC(N)CC3)c(-c3cccc(C(F)(F)F)c3)nc2cc1OC(C)C. The number of carbonyl (C=O) groups excluding carboxylic acids is 1. The van der Waals surface area contributed by atoms with Crippen LogP contribution in [-0.4, -0.2) is 41.0 Å². The van der Waals surface area contributed by atoms with Gasteiger partial charge in [0.05, 0.1) is 34.0 Å². The number of rotatable bonds is 8. The Kier molecular flexibility index (Phi) is 8.35. The van der Waals surface area contributed by atoms with E-state index in [1.54, 1.807) is 12.1 Å². The minimum absolute atomic E-state index is 0.0998. The molecule has 0 atom stereocenters. The summed E-state index contributed by atoms with van der Waals surface area (Å²) < 4.78 is 47.8. The van der Waals surface area contributed by atoms with Gasteiger partial charge in [0, 0.05) is 35.2 Å². The molecule has 2 aliphatic rings. The first-order valence-electron chi connectivity index (χ1n) is 15.6. The van der Waals surface area contributed by atoms with Gasteiger partial charge in [0.1, 0.15) is 5.75 Å². The minimum Gasteiger partial charge on any atom is -0.491 e. The number of benzene rings is 3. The van der Waals surface area contributed by atoms with Gasteiger partial charge in [-0.15, -0.1) is 0 Å². The summed E-state index contributed by atoms with van der Waals surface area (Å²) in [6.45, 7) is 7.57. The maximum absolute atomic E-state index is 14.6. The van der Waals surface area contributed by atoms with Gasteiger partial charge >= 0.3 is 6.18 Å². The third-order valence-electron chi connectivity index (χ3n) is 8.88. The fourth-order valence-corrected chi connectivity index (χ4v) is 6.30. The van der Waals surface area contributed by atoms with Crippen LogP contribution in [0.3, 0.4) is 0 Å². The van der Waals surface area contributed by atoms with Crippen molar-refractivity contribution in [1.82, 2.24) is 15.2 Å². The molecule has 1 aromatic heterocycles. The van der Waals surface area contributed by atoms with Gasteiger partial charge in [0.2, 0.25) is 0 Å². The number of hydrogen-bond acceptors (Lipinski definition) is 5. The lowest BCUT2D eigenvalue weighted by Gasteiger charge is -2.31. The molecule has 1 saturated carbocycles. The summed E-state index contributed by atoms with van der Waals surface area (Å²) in [5, 5.41) is 3.98. The molecule has 4 aromatic rings. The molecular weight excluding hydrogens is 577 g/mol. The van der Waals surface area contributed by atoms with Crippen molar-refractivity contribution in [3.8, 4) is 17.0 Å². The van der Waals surface area contributed by atoms with Crippen molar-refractivity contribution in [3.05, 3.63) is 94.5 Å². The number of halogens is 3. The first-order chi connectivity index (χ1) is 21.4. The molecule has 1 aliphatic heterocycles. The third-order valence-corrected chi connectivity index (χ3v) is 8.88. The van der Waals surface area contributed by atoms with Crippen molar-refractivity contribution in [2.45, 2.75) is 76.9 Å². The fraction of sp³-hybridized carbons (Fsp3) is 0.389. The predicted molar refractivity (Wildman–Crippen MR) is 170 cm³/mol. The number of alkyl halides is 3. The van der Waals surface area contributed by atoms with E-state index < -0.39 is 17.3 Å². The molecule has 3 aromatic carbocycles. The van der Waals surface area contributed by atoms with Crippen LogP contribution in [0.1, 0.15) is 72.1 Å². The van der Waals surface area contributed by atoms with E-state index in [4.69, 9.17) is 15.5 Å². The molecule has 1 saturated heterocycles. The van der Waals surface area contributed by atoms with Gasteiger partial charge in [-0.25, -0.2) is 4.98 Å². The van der Waals surface area contributed by atoms with Crippen LogP contribution in [0.5, 0.6) is 5.75 Å². The van der Waals surface area contributed by atoms with E-state index in [1.165, 1.54) is 6.07 Å². The molecule has 0 unspecified atom stereocenters. The highest BCUT2D eigenvalue weighted by atomic mass is 19.4. The second-order valence-corrected chi connectivity index (χ2v) is 12.7. The lowest BCUT2D eigenvalue weighted by Crippen LogP contribution is -2.40. The van der Waals surface area contributed by atoms with Crippen molar-refractivity contribution in [1.29, 1.82) is 0 Å². The number of nitrogens with zero attached hydrogens (tertiary/aromatic N) is 2. The van der Waals surface area contributed by atoms with Crippen molar-refractivity contribution in [2.24, 2.45) is 5.73 Å². The summed E-state index contributed by atoms with van der Waals surface area (Å²) in [6, 6.07) is 18.9. The van der Waals surface area contributed by atoms with Gasteiger partial charge in [-0.05, 0) is 88.9 Å². The van der Waals surface area contributed by atoms with Crippen molar-refractivity contribution < 1.29 is 22.7 Å². The van der Waals surface area contributed by atoms with Crippen LogP contribution in [0.25, 0.3) is 22.2 Å². The molecule has 3 N–H and O–H groups in total. The van der Waals surface area contributed by atoms with Crippen LogP contribution in [0, 0.1) is 6.92 Å². The molecule has 6 nitrogen and oxygen atoms in total. The lowest BCUT2D eigenvalue weighted by atomic mass is 9.92. The summed E-state index contributed by atoms with van der Waals surface area (Å²) in [6.07, 6.45) is -1.42. The largest absolute Gasteiger partial charge is 0.491 e. The number of pyridine rings is 1. The van der Waals surface area contributed by atoms with Crippen LogP contribution in [0.15, 0.2) is 66.7 Å². The Morgan fingerprint density at radius 1 is 1.07 bits per heavy atom. The number of piperidine rings is 1. The van der Waals surface area contributed by atoms with Crippen molar-refractivity contribution >= 4 is 16.8 Å². The third kappa shape index (κ3) is 6.56. The molecule has 2 fully saturated rings. The molecular formula is C36H39F3N4O2. The number of likely N-dealkylation sites (tertiary alicyclic amines) is 1. The van der Waals surface area contributed by atoms with Crippen LogP contribution >= 0.6 is 0 Å². The van der Waals surface area contributed by atoms with E-state index in [0.717, 1.165) is 62.0 Å². The van der Waals surface area contributed by atoms with Gasteiger partial charge in [-0.3, -0.25) is 9.69 Å². The van der Waals surface area contributed by atoms with E-state index in [1.807, 2.05) is 57.2 Å². The molecule has 9 heteroatoms. The average molecular weight is 617 g/mol. The van der Waals surface area contributed by atoms with Gasteiger partial charge in [0.25, 0.3) is 5.91 Å². The highest BCUT2D eigenvalue weighted by Crippen LogP contribution is 2.46. The number of hydrogen-bond donors (Lipinski definition) is 2. The summed E-state index contributed by atoms with van der Waals surface area (Å²) >= 11 is 0. The standard InChI is InChI=1S/C36H39F3N4O2/c1-22(2)45-31-20-30-28(18-23(31)3)32(34(44)42-35(14-15-35)25-9-5-4-6-10-25)29(21-43-16-12-27(40)13-17-43)33(41-30)24-8-7-11-26(19-24)36(37,38)39/h4-11,18-20,22,27H,12-17,21,40H2,1-3H3,(H,42,44). The van der Waals surface area contributed by atoms with Crippen molar-refractivity contribution in [3.63, 3.8) is 0 Å². The Balaban J connectivity index is 1.57. The lowest BCUT2D eigenvalue weighted by molar-refractivity contribution is -0.137. The fourth-order valence-electron chi connectivity index (χ4n) is 6.30. The minimum atomic E-state index is -4.53. The molecule has 0 radical (unpaired) electrons. The molecule has 236 valence electrons. The second kappa shape index (κ2) is 12.1. The zero-order valence-electron chi connectivity index (χ0n) is 25.9. The van der Waals surface area contributed by atoms with Crippen LogP contribution in [0.2, 0.25) is 0 Å². The van der Waals surface area contributed by atoms with Crippen molar-refractivity contribution in [2.75, 3.05) is 13.1 Å². The van der Waals surface area contributed by atoms with Gasteiger partial charge < -0.3 is 15.8 Å². The second-order valence-electron chi connectivity index (χ2n) is 12.7. The molecule has 1 aliphatic carbocycles. The van der Waals surface area contributed by atoms with Crippen LogP contribution < -0.4 is 15.8 Å². The summed E-state index contributed by atoms with van der Waals surface area (Å²) in [4.78, 5) is 21.8. The van der Waals surface area contributed by atoms with Gasteiger partial charge in [-0.2, -0.15) is 13.2 Å². The average Bonchev–Trinajstić information content (AvgIpc) is 3.79. The number of nitrogens with two attached hydrogens (primary N) is 1. The molecule has 2 heterocycles. The molecule has 1 amide bonds. The summed E-state index contributed by atoms with van der Waals surface area (Å²) in [5.74, 6) is 0.352. The molecule has 0 spiro atoms. The molecule has 0 bridgehead atoms. The van der Waals surface area contributed by atoms with E-state index in [9.17, 15) is 18.0 Å². The number of carbonyl (C=O) groups is 1. The first kappa shape index (κ1) is 31.0. The quantitative estimate of drug-likeness (QED) is 0.216.